The number of rotatable bonds is 8. The maximum Gasteiger partial charge on any atom is 0.0631 e. The highest BCUT2D eigenvalue weighted by atomic mass is 16.5. The second kappa shape index (κ2) is 8.31. The highest BCUT2D eigenvalue weighted by Gasteiger charge is 2.38. The van der Waals surface area contributed by atoms with E-state index in [4.69, 9.17) is 4.74 Å². The Balaban J connectivity index is 1.61. The van der Waals surface area contributed by atoms with Crippen LogP contribution in [0.2, 0.25) is 0 Å². The third-order valence-electron chi connectivity index (χ3n) is 4.80. The van der Waals surface area contributed by atoms with Crippen molar-refractivity contribution in [2.24, 2.45) is 5.41 Å². The molecule has 1 saturated heterocycles. The van der Waals surface area contributed by atoms with Crippen LogP contribution in [0.5, 0.6) is 0 Å². The minimum Gasteiger partial charge on any atom is -0.381 e. The Morgan fingerprint density at radius 1 is 1.25 bits per heavy atom. The van der Waals surface area contributed by atoms with Gasteiger partial charge in [-0.15, -0.1) is 0 Å². The summed E-state index contributed by atoms with van der Waals surface area (Å²) in [5, 5.41) is 8.21. The van der Waals surface area contributed by atoms with Crippen LogP contribution in [0.1, 0.15) is 31.0 Å². The summed E-state index contributed by atoms with van der Waals surface area (Å²) in [5.41, 5.74) is 2.56. The summed E-state index contributed by atoms with van der Waals surface area (Å²) in [5.74, 6) is 0. The average Bonchev–Trinajstić information content (AvgIpc) is 3.03. The van der Waals surface area contributed by atoms with Crippen LogP contribution in [0.4, 0.5) is 0 Å². The van der Waals surface area contributed by atoms with Crippen molar-refractivity contribution in [3.63, 3.8) is 0 Å². The maximum absolute atomic E-state index is 5.83. The molecule has 5 heteroatoms. The Kier molecular flexibility index (Phi) is 5.88. The second-order valence-electron chi connectivity index (χ2n) is 6.67. The van der Waals surface area contributed by atoms with Crippen molar-refractivity contribution >= 4 is 0 Å². The standard InChI is InChI=1S/C19H26N4O/c1-2-24-16-19(8-7-18-6-4-11-21-22-18)9-12-23(15-19)14-17-5-3-10-20-13-17/h3-6,10-11,13H,2,7-9,12,14-16H2,1H3. The van der Waals surface area contributed by atoms with Crippen molar-refractivity contribution in [2.45, 2.75) is 32.7 Å². The summed E-state index contributed by atoms with van der Waals surface area (Å²) in [6, 6.07) is 8.17. The van der Waals surface area contributed by atoms with Gasteiger partial charge in [-0.3, -0.25) is 9.88 Å². The topological polar surface area (TPSA) is 51.1 Å². The summed E-state index contributed by atoms with van der Waals surface area (Å²) in [7, 11) is 0. The van der Waals surface area contributed by atoms with Crippen molar-refractivity contribution < 1.29 is 4.74 Å². The molecule has 0 radical (unpaired) electrons. The predicted octanol–water partition coefficient (Wildman–Crippen LogP) is 2.73. The zero-order valence-corrected chi connectivity index (χ0v) is 14.4. The van der Waals surface area contributed by atoms with E-state index in [0.717, 1.165) is 51.4 Å². The van der Waals surface area contributed by atoms with Gasteiger partial charge in [0.25, 0.3) is 0 Å². The average molecular weight is 326 g/mol. The van der Waals surface area contributed by atoms with E-state index in [1.165, 1.54) is 12.0 Å². The molecule has 0 saturated carbocycles. The summed E-state index contributed by atoms with van der Waals surface area (Å²) >= 11 is 0. The Morgan fingerprint density at radius 2 is 2.17 bits per heavy atom. The van der Waals surface area contributed by atoms with Gasteiger partial charge in [0.15, 0.2) is 0 Å². The Labute approximate surface area is 144 Å². The molecule has 128 valence electrons. The Hall–Kier alpha value is -1.85. The molecule has 0 bridgehead atoms. The number of ether oxygens (including phenoxy) is 1. The zero-order valence-electron chi connectivity index (χ0n) is 14.4. The Bertz CT molecular complexity index is 607. The minimum absolute atomic E-state index is 0.218. The molecule has 24 heavy (non-hydrogen) atoms. The van der Waals surface area contributed by atoms with Gasteiger partial charge in [0.05, 0.1) is 12.3 Å². The fraction of sp³-hybridized carbons (Fsp3) is 0.526. The smallest absolute Gasteiger partial charge is 0.0631 e. The SMILES string of the molecule is CCOCC1(CCc2cccnn2)CCN(Cc2cccnc2)C1. The van der Waals surface area contributed by atoms with Crippen LogP contribution in [0.25, 0.3) is 0 Å². The number of aromatic nitrogens is 3. The number of likely N-dealkylation sites (tertiary alicyclic amines) is 1. The number of nitrogens with zero attached hydrogens (tertiary/aromatic N) is 4. The van der Waals surface area contributed by atoms with E-state index in [2.05, 4.69) is 39.1 Å². The third kappa shape index (κ3) is 4.58. The van der Waals surface area contributed by atoms with Crippen molar-refractivity contribution in [3.05, 3.63) is 54.1 Å². The molecule has 3 rings (SSSR count). The summed E-state index contributed by atoms with van der Waals surface area (Å²) in [6.07, 6.45) is 8.74. The second-order valence-corrected chi connectivity index (χ2v) is 6.67. The monoisotopic (exact) mass is 326 g/mol. The van der Waals surface area contributed by atoms with Gasteiger partial charge in [0.2, 0.25) is 0 Å². The number of aryl methyl sites for hydroxylation is 1. The van der Waals surface area contributed by atoms with E-state index >= 15 is 0 Å². The van der Waals surface area contributed by atoms with Gasteiger partial charge in [-0.25, -0.2) is 0 Å². The summed E-state index contributed by atoms with van der Waals surface area (Å²) < 4.78 is 5.83. The maximum atomic E-state index is 5.83. The fourth-order valence-electron chi connectivity index (χ4n) is 3.49. The van der Waals surface area contributed by atoms with E-state index in [-0.39, 0.29) is 5.41 Å². The van der Waals surface area contributed by atoms with E-state index in [9.17, 15) is 0 Å². The number of hydrogen-bond donors (Lipinski definition) is 0. The number of pyridine rings is 1. The lowest BCUT2D eigenvalue weighted by molar-refractivity contribution is 0.0487. The molecule has 1 unspecified atom stereocenters. The first-order chi connectivity index (χ1) is 11.8. The van der Waals surface area contributed by atoms with Crippen molar-refractivity contribution in [1.82, 2.24) is 20.1 Å². The number of hydrogen-bond acceptors (Lipinski definition) is 5. The van der Waals surface area contributed by atoms with E-state index in [1.807, 2.05) is 24.5 Å². The van der Waals surface area contributed by atoms with Gasteiger partial charge in [-0.2, -0.15) is 10.2 Å². The molecular weight excluding hydrogens is 300 g/mol. The molecule has 1 aliphatic heterocycles. The lowest BCUT2D eigenvalue weighted by Crippen LogP contribution is -2.32. The molecule has 0 amide bonds. The van der Waals surface area contributed by atoms with Gasteiger partial charge in [-0.05, 0) is 56.5 Å². The molecule has 3 heterocycles. The summed E-state index contributed by atoms with van der Waals surface area (Å²) in [4.78, 5) is 6.74. The molecule has 2 aromatic heterocycles. The van der Waals surface area contributed by atoms with E-state index in [1.54, 1.807) is 6.20 Å². The lowest BCUT2D eigenvalue weighted by atomic mass is 9.82. The first-order valence-electron chi connectivity index (χ1n) is 8.75. The van der Waals surface area contributed by atoms with Crippen molar-refractivity contribution in [3.8, 4) is 0 Å². The quantitative estimate of drug-likeness (QED) is 0.746. The highest BCUT2D eigenvalue weighted by molar-refractivity contribution is 5.09. The fourth-order valence-corrected chi connectivity index (χ4v) is 3.49. The first kappa shape index (κ1) is 17.0. The molecule has 0 spiro atoms. The normalized spacial score (nSPS) is 21.2. The van der Waals surface area contributed by atoms with Crippen LogP contribution in [-0.2, 0) is 17.7 Å². The molecule has 1 atom stereocenters. The minimum atomic E-state index is 0.218. The van der Waals surface area contributed by atoms with Crippen molar-refractivity contribution in [1.29, 1.82) is 0 Å². The van der Waals surface area contributed by atoms with Crippen LogP contribution in [0.3, 0.4) is 0 Å². The van der Waals surface area contributed by atoms with E-state index < -0.39 is 0 Å². The Morgan fingerprint density at radius 3 is 2.92 bits per heavy atom. The summed E-state index contributed by atoms with van der Waals surface area (Å²) in [6.45, 7) is 6.82. The van der Waals surface area contributed by atoms with Gasteiger partial charge >= 0.3 is 0 Å². The van der Waals surface area contributed by atoms with Gasteiger partial charge < -0.3 is 4.74 Å². The molecule has 1 fully saturated rings. The van der Waals surface area contributed by atoms with Gasteiger partial charge in [-0.1, -0.05) is 6.07 Å². The van der Waals surface area contributed by atoms with Crippen molar-refractivity contribution in [2.75, 3.05) is 26.3 Å². The highest BCUT2D eigenvalue weighted by Crippen LogP contribution is 2.36. The molecule has 0 N–H and O–H groups in total. The van der Waals surface area contributed by atoms with Crippen LogP contribution >= 0.6 is 0 Å². The predicted molar refractivity (Wildman–Crippen MR) is 93.4 cm³/mol. The molecule has 0 aliphatic carbocycles. The molecule has 5 nitrogen and oxygen atoms in total. The van der Waals surface area contributed by atoms with Gasteiger partial charge in [0.1, 0.15) is 0 Å². The van der Waals surface area contributed by atoms with Crippen LogP contribution in [-0.4, -0.2) is 46.4 Å². The van der Waals surface area contributed by atoms with Crippen LogP contribution < -0.4 is 0 Å². The molecule has 2 aromatic rings. The first-order valence-corrected chi connectivity index (χ1v) is 8.75. The molecular formula is C19H26N4O. The lowest BCUT2D eigenvalue weighted by Gasteiger charge is -2.29. The van der Waals surface area contributed by atoms with E-state index in [0.29, 0.717) is 0 Å². The largest absolute Gasteiger partial charge is 0.381 e. The molecule has 0 aromatic carbocycles. The molecule has 1 aliphatic rings. The van der Waals surface area contributed by atoms with Crippen LogP contribution in [0, 0.1) is 5.41 Å². The van der Waals surface area contributed by atoms with Gasteiger partial charge in [0, 0.05) is 43.7 Å². The zero-order chi connectivity index (χ0) is 16.7. The third-order valence-corrected chi connectivity index (χ3v) is 4.80. The van der Waals surface area contributed by atoms with Crippen LogP contribution in [0.15, 0.2) is 42.9 Å².